The SMILES string of the molecule is CCCn1ccnc1C(NCC)C(C)C1CC1. The summed E-state index contributed by atoms with van der Waals surface area (Å²) in [6.07, 6.45) is 8.02. The molecule has 1 aliphatic rings. The summed E-state index contributed by atoms with van der Waals surface area (Å²) < 4.78 is 2.31. The van der Waals surface area contributed by atoms with Gasteiger partial charge < -0.3 is 9.88 Å². The number of hydrogen-bond donors (Lipinski definition) is 1. The van der Waals surface area contributed by atoms with Crippen LogP contribution in [0.15, 0.2) is 12.4 Å². The lowest BCUT2D eigenvalue weighted by molar-refractivity contribution is 0.331. The van der Waals surface area contributed by atoms with E-state index in [1.807, 2.05) is 6.20 Å². The molecule has 2 atom stereocenters. The average molecular weight is 235 g/mol. The third-order valence-corrected chi connectivity index (χ3v) is 3.81. The molecular formula is C14H25N3. The van der Waals surface area contributed by atoms with Crippen molar-refractivity contribution in [3.63, 3.8) is 0 Å². The molecule has 0 radical (unpaired) electrons. The Balaban J connectivity index is 2.15. The van der Waals surface area contributed by atoms with Crippen molar-refractivity contribution in [1.29, 1.82) is 0 Å². The lowest BCUT2D eigenvalue weighted by Crippen LogP contribution is -2.30. The van der Waals surface area contributed by atoms with Crippen LogP contribution in [0.3, 0.4) is 0 Å². The predicted octanol–water partition coefficient (Wildman–Crippen LogP) is 2.99. The van der Waals surface area contributed by atoms with Crippen LogP contribution in [-0.2, 0) is 6.54 Å². The number of aryl methyl sites for hydroxylation is 1. The van der Waals surface area contributed by atoms with Gasteiger partial charge in [-0.1, -0.05) is 20.8 Å². The number of rotatable bonds is 7. The second kappa shape index (κ2) is 5.67. The molecular weight excluding hydrogens is 210 g/mol. The van der Waals surface area contributed by atoms with Crippen LogP contribution in [0.1, 0.15) is 51.9 Å². The third kappa shape index (κ3) is 2.89. The Bertz CT molecular complexity index is 341. The second-order valence-corrected chi connectivity index (χ2v) is 5.21. The Morgan fingerprint density at radius 1 is 1.47 bits per heavy atom. The van der Waals surface area contributed by atoms with Crippen molar-refractivity contribution < 1.29 is 0 Å². The number of nitrogens with zero attached hydrogens (tertiary/aromatic N) is 2. The van der Waals surface area contributed by atoms with Gasteiger partial charge in [-0.05, 0) is 37.6 Å². The number of aromatic nitrogens is 2. The standard InChI is InChI=1S/C14H25N3/c1-4-9-17-10-8-16-14(17)13(15-5-2)11(3)12-6-7-12/h8,10-13,15H,4-7,9H2,1-3H3. The van der Waals surface area contributed by atoms with Crippen molar-refractivity contribution in [2.45, 2.75) is 52.6 Å². The van der Waals surface area contributed by atoms with Crippen molar-refractivity contribution in [3.8, 4) is 0 Å². The van der Waals surface area contributed by atoms with Gasteiger partial charge in [-0.3, -0.25) is 0 Å². The van der Waals surface area contributed by atoms with E-state index >= 15 is 0 Å². The molecule has 96 valence electrons. The first kappa shape index (κ1) is 12.6. The average Bonchev–Trinajstić information content (AvgIpc) is 3.08. The van der Waals surface area contributed by atoms with Crippen LogP contribution in [0, 0.1) is 11.8 Å². The second-order valence-electron chi connectivity index (χ2n) is 5.21. The largest absolute Gasteiger partial charge is 0.334 e. The molecule has 2 unspecified atom stereocenters. The normalized spacial score (nSPS) is 19.2. The summed E-state index contributed by atoms with van der Waals surface area (Å²) >= 11 is 0. The molecule has 0 spiro atoms. The Morgan fingerprint density at radius 3 is 2.82 bits per heavy atom. The molecule has 1 aromatic heterocycles. The van der Waals surface area contributed by atoms with Crippen LogP contribution in [-0.4, -0.2) is 16.1 Å². The highest BCUT2D eigenvalue weighted by Gasteiger charge is 2.35. The van der Waals surface area contributed by atoms with Crippen molar-refractivity contribution >= 4 is 0 Å². The highest BCUT2D eigenvalue weighted by Crippen LogP contribution is 2.42. The van der Waals surface area contributed by atoms with Crippen LogP contribution in [0.2, 0.25) is 0 Å². The molecule has 0 saturated heterocycles. The van der Waals surface area contributed by atoms with Gasteiger partial charge >= 0.3 is 0 Å². The summed E-state index contributed by atoms with van der Waals surface area (Å²) in [6, 6.07) is 0.425. The quantitative estimate of drug-likeness (QED) is 0.787. The first-order valence-corrected chi connectivity index (χ1v) is 7.02. The van der Waals surface area contributed by atoms with E-state index in [-0.39, 0.29) is 0 Å². The molecule has 1 aromatic rings. The lowest BCUT2D eigenvalue weighted by Gasteiger charge is -2.25. The van der Waals surface area contributed by atoms with Gasteiger partial charge in [0.2, 0.25) is 0 Å². The van der Waals surface area contributed by atoms with E-state index in [0.717, 1.165) is 19.0 Å². The van der Waals surface area contributed by atoms with E-state index in [0.29, 0.717) is 12.0 Å². The Hall–Kier alpha value is -0.830. The first-order chi connectivity index (χ1) is 8.27. The topological polar surface area (TPSA) is 29.9 Å². The van der Waals surface area contributed by atoms with Gasteiger partial charge in [-0.15, -0.1) is 0 Å². The van der Waals surface area contributed by atoms with Crippen LogP contribution in [0.5, 0.6) is 0 Å². The van der Waals surface area contributed by atoms with Crippen LogP contribution < -0.4 is 5.32 Å². The molecule has 0 aromatic carbocycles. The van der Waals surface area contributed by atoms with Gasteiger partial charge in [0.15, 0.2) is 0 Å². The molecule has 0 aliphatic heterocycles. The monoisotopic (exact) mass is 235 g/mol. The minimum Gasteiger partial charge on any atom is -0.334 e. The van der Waals surface area contributed by atoms with E-state index in [1.54, 1.807) is 0 Å². The molecule has 1 fully saturated rings. The fourth-order valence-electron chi connectivity index (χ4n) is 2.66. The molecule has 2 rings (SSSR count). The highest BCUT2D eigenvalue weighted by molar-refractivity contribution is 5.03. The summed E-state index contributed by atoms with van der Waals surface area (Å²) in [6.45, 7) is 8.86. The summed E-state index contributed by atoms with van der Waals surface area (Å²) in [5.41, 5.74) is 0. The Kier molecular flexibility index (Phi) is 4.21. The fourth-order valence-corrected chi connectivity index (χ4v) is 2.66. The van der Waals surface area contributed by atoms with E-state index in [4.69, 9.17) is 0 Å². The summed E-state index contributed by atoms with van der Waals surface area (Å²) in [4.78, 5) is 4.59. The van der Waals surface area contributed by atoms with Gasteiger partial charge in [0.1, 0.15) is 5.82 Å². The van der Waals surface area contributed by atoms with Gasteiger partial charge in [-0.2, -0.15) is 0 Å². The van der Waals surface area contributed by atoms with Crippen molar-refractivity contribution in [1.82, 2.24) is 14.9 Å². The summed E-state index contributed by atoms with van der Waals surface area (Å²) in [7, 11) is 0. The van der Waals surface area contributed by atoms with E-state index < -0.39 is 0 Å². The molecule has 0 bridgehead atoms. The molecule has 3 nitrogen and oxygen atoms in total. The van der Waals surface area contributed by atoms with Crippen LogP contribution in [0.25, 0.3) is 0 Å². The Morgan fingerprint density at radius 2 is 2.24 bits per heavy atom. The maximum Gasteiger partial charge on any atom is 0.126 e. The molecule has 17 heavy (non-hydrogen) atoms. The summed E-state index contributed by atoms with van der Waals surface area (Å²) in [5.74, 6) is 2.84. The van der Waals surface area contributed by atoms with Crippen molar-refractivity contribution in [2.24, 2.45) is 11.8 Å². The maximum absolute atomic E-state index is 4.59. The lowest BCUT2D eigenvalue weighted by atomic mass is 9.95. The van der Waals surface area contributed by atoms with Crippen LogP contribution in [0.4, 0.5) is 0 Å². The number of imidazole rings is 1. The molecule has 1 saturated carbocycles. The zero-order valence-electron chi connectivity index (χ0n) is 11.3. The number of hydrogen-bond acceptors (Lipinski definition) is 2. The third-order valence-electron chi connectivity index (χ3n) is 3.81. The first-order valence-electron chi connectivity index (χ1n) is 7.02. The van der Waals surface area contributed by atoms with Gasteiger partial charge in [0.25, 0.3) is 0 Å². The van der Waals surface area contributed by atoms with Gasteiger partial charge in [-0.25, -0.2) is 4.98 Å². The molecule has 3 heteroatoms. The van der Waals surface area contributed by atoms with Gasteiger partial charge in [0.05, 0.1) is 6.04 Å². The van der Waals surface area contributed by atoms with E-state index in [1.165, 1.54) is 25.1 Å². The molecule has 1 N–H and O–H groups in total. The zero-order valence-corrected chi connectivity index (χ0v) is 11.3. The van der Waals surface area contributed by atoms with Crippen molar-refractivity contribution in [3.05, 3.63) is 18.2 Å². The molecule has 0 amide bonds. The van der Waals surface area contributed by atoms with Gasteiger partial charge in [0, 0.05) is 18.9 Å². The van der Waals surface area contributed by atoms with Crippen molar-refractivity contribution in [2.75, 3.05) is 6.54 Å². The minimum atomic E-state index is 0.425. The fraction of sp³-hybridized carbons (Fsp3) is 0.786. The van der Waals surface area contributed by atoms with Crippen LogP contribution >= 0.6 is 0 Å². The van der Waals surface area contributed by atoms with E-state index in [2.05, 4.69) is 41.8 Å². The zero-order chi connectivity index (χ0) is 12.3. The maximum atomic E-state index is 4.59. The smallest absolute Gasteiger partial charge is 0.126 e. The highest BCUT2D eigenvalue weighted by atomic mass is 15.1. The number of nitrogens with one attached hydrogen (secondary N) is 1. The van der Waals surface area contributed by atoms with E-state index in [9.17, 15) is 0 Å². The summed E-state index contributed by atoms with van der Waals surface area (Å²) in [5, 5.41) is 3.62. The minimum absolute atomic E-state index is 0.425. The Labute approximate surface area is 105 Å². The molecule has 1 aliphatic carbocycles. The molecule has 1 heterocycles. The predicted molar refractivity (Wildman–Crippen MR) is 70.8 cm³/mol.